The highest BCUT2D eigenvalue weighted by molar-refractivity contribution is 14.1. The number of amides is 1. The van der Waals surface area contributed by atoms with Gasteiger partial charge in [-0.05, 0) is 10.3 Å². The zero-order chi connectivity index (χ0) is 13.6. The third-order valence-corrected chi connectivity index (χ3v) is 2.56. The number of ether oxygens (including phenoxy) is 1. The predicted octanol–water partition coefficient (Wildman–Crippen LogP) is 2.34. The molecule has 1 aromatic rings. The second-order valence-electron chi connectivity index (χ2n) is 3.01. The summed E-state index contributed by atoms with van der Waals surface area (Å²) >= 11 is 3.20. The van der Waals surface area contributed by atoms with Crippen LogP contribution in [0.5, 0.6) is 0 Å². The van der Waals surface area contributed by atoms with Crippen LogP contribution in [0, 0.1) is 9.85 Å². The molecule has 1 amide bonds. The van der Waals surface area contributed by atoms with Gasteiger partial charge < -0.3 is 10.1 Å². The van der Waals surface area contributed by atoms with E-state index in [4.69, 9.17) is 4.74 Å². The van der Waals surface area contributed by atoms with Crippen LogP contribution in [0.25, 0.3) is 0 Å². The lowest BCUT2D eigenvalue weighted by atomic mass is 10.3. The third kappa shape index (κ3) is 11.5. The van der Waals surface area contributed by atoms with Crippen LogP contribution in [0.1, 0.15) is 19.8 Å². The van der Waals surface area contributed by atoms with Crippen LogP contribution in [0.15, 0.2) is 16.2 Å². The summed E-state index contributed by atoms with van der Waals surface area (Å²) < 4.78 is 9.79. The summed E-state index contributed by atoms with van der Waals surface area (Å²) in [4.78, 5) is 20.8. The lowest BCUT2D eigenvalue weighted by Gasteiger charge is -2.02. The zero-order valence-electron chi connectivity index (χ0n) is 9.99. The Morgan fingerprint density at radius 2 is 2.44 bits per heavy atom. The van der Waals surface area contributed by atoms with Gasteiger partial charge in [-0.1, -0.05) is 30.8 Å². The van der Waals surface area contributed by atoms with E-state index in [-0.39, 0.29) is 18.3 Å². The molecule has 0 saturated carbocycles. The van der Waals surface area contributed by atoms with Crippen molar-refractivity contribution in [2.24, 2.45) is 0 Å². The van der Waals surface area contributed by atoms with E-state index in [0.717, 1.165) is 12.8 Å². The monoisotopic (exact) mass is 382 g/mol. The van der Waals surface area contributed by atoms with Crippen LogP contribution in [0.4, 0.5) is 4.79 Å². The molecule has 1 heterocycles. The molecule has 0 bridgehead atoms. The number of halogens is 1. The zero-order valence-corrected chi connectivity index (χ0v) is 13.0. The number of alkyl carbamates (subject to hydrolysis) is 1. The van der Waals surface area contributed by atoms with Crippen molar-refractivity contribution in [3.8, 4) is 9.85 Å². The number of hydrogen-bond acceptors (Lipinski definition) is 4. The smallest absolute Gasteiger partial charge is 0.408 e. The quantitative estimate of drug-likeness (QED) is 0.477. The first-order valence-corrected chi connectivity index (χ1v) is 7.27. The standard InChI is InChI=1S/C8H12INO2.C3H3NOS/c1-2-3-6-10-8(11)12-7-4-5-9;5-3-1-2-6-4-3/h2-3,6-7H2,1H3,(H,10,11);1-2H,(H,4,5). The van der Waals surface area contributed by atoms with Crippen LogP contribution >= 0.6 is 34.1 Å². The molecule has 2 N–H and O–H groups in total. The van der Waals surface area contributed by atoms with Crippen molar-refractivity contribution in [1.82, 2.24) is 9.69 Å². The minimum Gasteiger partial charge on any atom is -0.436 e. The molecule has 1 aromatic heterocycles. The first-order valence-electron chi connectivity index (χ1n) is 5.32. The summed E-state index contributed by atoms with van der Waals surface area (Å²) in [6.45, 7) is 2.91. The first-order chi connectivity index (χ1) is 8.70. The van der Waals surface area contributed by atoms with E-state index in [0.29, 0.717) is 6.54 Å². The number of hydrogen-bond donors (Lipinski definition) is 2. The highest BCUT2D eigenvalue weighted by Gasteiger charge is 1.96. The van der Waals surface area contributed by atoms with Crippen molar-refractivity contribution < 1.29 is 9.53 Å². The molecule has 0 aliphatic heterocycles. The minimum atomic E-state index is -0.386. The maximum Gasteiger partial charge on any atom is 0.408 e. The Labute approximate surface area is 124 Å². The molecule has 0 aliphatic rings. The van der Waals surface area contributed by atoms with Gasteiger partial charge in [0.05, 0.1) is 0 Å². The molecule has 0 fully saturated rings. The van der Waals surface area contributed by atoms with Gasteiger partial charge in [-0.15, -0.1) is 0 Å². The molecular weight excluding hydrogens is 367 g/mol. The van der Waals surface area contributed by atoms with Gasteiger partial charge in [-0.25, -0.2) is 4.79 Å². The van der Waals surface area contributed by atoms with E-state index in [9.17, 15) is 9.59 Å². The topological polar surface area (TPSA) is 71.2 Å². The van der Waals surface area contributed by atoms with E-state index in [2.05, 4.69) is 26.5 Å². The lowest BCUT2D eigenvalue weighted by Crippen LogP contribution is -2.25. The van der Waals surface area contributed by atoms with Gasteiger partial charge in [0.1, 0.15) is 0 Å². The Morgan fingerprint density at radius 3 is 2.89 bits per heavy atom. The number of aromatic amines is 1. The number of nitrogens with one attached hydrogen (secondary N) is 2. The molecule has 100 valence electrons. The summed E-state index contributed by atoms with van der Waals surface area (Å²) in [6.07, 6.45) is 1.66. The van der Waals surface area contributed by atoms with E-state index in [1.165, 1.54) is 17.6 Å². The molecule has 0 saturated heterocycles. The summed E-state index contributed by atoms with van der Waals surface area (Å²) in [5.41, 5.74) is -0.0139. The molecule has 18 heavy (non-hydrogen) atoms. The fraction of sp³-hybridized carbons (Fsp3) is 0.455. The summed E-state index contributed by atoms with van der Waals surface area (Å²) in [5, 5.41) is 4.32. The molecule has 0 atom stereocenters. The number of carbonyl (C=O) groups is 1. The van der Waals surface area contributed by atoms with E-state index < -0.39 is 0 Å². The van der Waals surface area contributed by atoms with Crippen LogP contribution in [0.2, 0.25) is 0 Å². The second-order valence-corrected chi connectivity index (χ2v) is 4.27. The van der Waals surface area contributed by atoms with Crippen LogP contribution in [-0.4, -0.2) is 23.6 Å². The Morgan fingerprint density at radius 1 is 1.67 bits per heavy atom. The SMILES string of the molecule is CCCCNC(=O)OCC#CI.O=c1ccs[nH]1. The molecule has 1 rings (SSSR count). The maximum atomic E-state index is 10.8. The summed E-state index contributed by atoms with van der Waals surface area (Å²) in [5.74, 6) is 2.62. The number of rotatable bonds is 4. The molecule has 0 radical (unpaired) electrons. The van der Waals surface area contributed by atoms with Crippen molar-refractivity contribution in [3.05, 3.63) is 21.8 Å². The molecule has 5 nitrogen and oxygen atoms in total. The molecule has 0 spiro atoms. The average molecular weight is 382 g/mol. The van der Waals surface area contributed by atoms with E-state index in [1.807, 2.05) is 22.6 Å². The summed E-state index contributed by atoms with van der Waals surface area (Å²) in [6, 6.07) is 1.49. The molecular formula is C11H15IN2O3S. The van der Waals surface area contributed by atoms with Gasteiger partial charge in [-0.2, -0.15) is 0 Å². The third-order valence-electron chi connectivity index (χ3n) is 1.59. The maximum absolute atomic E-state index is 10.8. The van der Waals surface area contributed by atoms with Gasteiger partial charge in [0, 0.05) is 40.6 Å². The largest absolute Gasteiger partial charge is 0.436 e. The van der Waals surface area contributed by atoms with Crippen molar-refractivity contribution in [2.45, 2.75) is 19.8 Å². The van der Waals surface area contributed by atoms with Crippen molar-refractivity contribution in [1.29, 1.82) is 0 Å². The van der Waals surface area contributed by atoms with Crippen molar-refractivity contribution in [3.63, 3.8) is 0 Å². The molecule has 0 unspecified atom stereocenters. The lowest BCUT2D eigenvalue weighted by molar-refractivity contribution is 0.160. The van der Waals surface area contributed by atoms with Crippen LogP contribution < -0.4 is 10.9 Å². The minimum absolute atomic E-state index is 0.0139. The number of carbonyl (C=O) groups excluding carboxylic acids is 1. The van der Waals surface area contributed by atoms with Gasteiger partial charge in [0.2, 0.25) is 0 Å². The van der Waals surface area contributed by atoms with E-state index >= 15 is 0 Å². The highest BCUT2D eigenvalue weighted by Crippen LogP contribution is 1.84. The Kier molecular flexibility index (Phi) is 11.7. The van der Waals surface area contributed by atoms with Gasteiger partial charge in [0.15, 0.2) is 6.61 Å². The Balaban J connectivity index is 0.000000397. The Hall–Kier alpha value is -1.01. The van der Waals surface area contributed by atoms with Crippen molar-refractivity contribution in [2.75, 3.05) is 13.2 Å². The predicted molar refractivity (Wildman–Crippen MR) is 81.0 cm³/mol. The van der Waals surface area contributed by atoms with Gasteiger partial charge in [0.25, 0.3) is 5.56 Å². The molecule has 0 aliphatic carbocycles. The van der Waals surface area contributed by atoms with Crippen molar-refractivity contribution >= 4 is 40.2 Å². The van der Waals surface area contributed by atoms with Crippen LogP contribution in [-0.2, 0) is 4.74 Å². The first kappa shape index (κ1) is 17.0. The van der Waals surface area contributed by atoms with Gasteiger partial charge in [-0.3, -0.25) is 9.17 Å². The fourth-order valence-electron chi connectivity index (χ4n) is 0.769. The number of H-pyrrole nitrogens is 1. The van der Waals surface area contributed by atoms with Crippen LogP contribution in [0.3, 0.4) is 0 Å². The van der Waals surface area contributed by atoms with E-state index in [1.54, 1.807) is 5.38 Å². The highest BCUT2D eigenvalue weighted by atomic mass is 127. The number of aromatic nitrogens is 1. The van der Waals surface area contributed by atoms with Gasteiger partial charge >= 0.3 is 6.09 Å². The number of unbranched alkanes of at least 4 members (excludes halogenated alkanes) is 1. The normalized spacial score (nSPS) is 8.33. The Bertz CT molecular complexity index is 416. The fourth-order valence-corrected chi connectivity index (χ4v) is 1.37. The second kappa shape index (κ2) is 12.4. The molecule has 0 aromatic carbocycles. The summed E-state index contributed by atoms with van der Waals surface area (Å²) in [7, 11) is 0. The average Bonchev–Trinajstić information content (AvgIpc) is 2.82. The molecule has 7 heteroatoms.